The number of anilines is 1. The van der Waals surface area contributed by atoms with Crippen LogP contribution in [0.3, 0.4) is 0 Å². The van der Waals surface area contributed by atoms with Crippen LogP contribution < -0.4 is 5.32 Å². The van der Waals surface area contributed by atoms with Gasteiger partial charge in [-0.15, -0.1) is 0 Å². The van der Waals surface area contributed by atoms with Gasteiger partial charge in [-0.2, -0.15) is 0 Å². The summed E-state index contributed by atoms with van der Waals surface area (Å²) in [4.78, 5) is 0. The number of rotatable bonds is 4. The Morgan fingerprint density at radius 1 is 1.21 bits per heavy atom. The number of halogens is 1. The van der Waals surface area contributed by atoms with E-state index >= 15 is 0 Å². The van der Waals surface area contributed by atoms with Crippen molar-refractivity contribution in [1.82, 2.24) is 0 Å². The van der Waals surface area contributed by atoms with Crippen molar-refractivity contribution in [1.29, 1.82) is 0 Å². The molecule has 1 saturated carbocycles. The molecule has 0 aromatic heterocycles. The van der Waals surface area contributed by atoms with Gasteiger partial charge in [-0.1, -0.05) is 44.2 Å². The molecule has 2 heteroatoms. The molecule has 0 spiro atoms. The lowest BCUT2D eigenvalue weighted by atomic mass is 9.95. The number of hydrogen-bond acceptors (Lipinski definition) is 1. The first-order chi connectivity index (χ1) is 9.19. The van der Waals surface area contributed by atoms with Gasteiger partial charge < -0.3 is 5.32 Å². The summed E-state index contributed by atoms with van der Waals surface area (Å²) in [6.07, 6.45) is 9.54. The molecule has 0 amide bonds. The van der Waals surface area contributed by atoms with Crippen molar-refractivity contribution >= 4 is 17.3 Å². The van der Waals surface area contributed by atoms with Gasteiger partial charge in [0.1, 0.15) is 0 Å². The van der Waals surface area contributed by atoms with Crippen molar-refractivity contribution in [2.45, 2.75) is 64.8 Å². The van der Waals surface area contributed by atoms with Crippen LogP contribution in [0, 0.1) is 12.8 Å². The molecule has 2 unspecified atom stereocenters. The number of benzene rings is 1. The second-order valence-corrected chi connectivity index (χ2v) is 6.40. The van der Waals surface area contributed by atoms with E-state index in [9.17, 15) is 0 Å². The first kappa shape index (κ1) is 14.7. The molecule has 1 aromatic carbocycles. The largest absolute Gasteiger partial charge is 0.382 e. The summed E-state index contributed by atoms with van der Waals surface area (Å²) in [5.41, 5.74) is 2.50. The average molecular weight is 280 g/mol. The minimum absolute atomic E-state index is 0.640. The molecule has 0 bridgehead atoms. The first-order valence-corrected chi connectivity index (χ1v) is 8.09. The van der Waals surface area contributed by atoms with Crippen LogP contribution in [-0.2, 0) is 0 Å². The second-order valence-electron chi connectivity index (χ2n) is 5.96. The van der Waals surface area contributed by atoms with Gasteiger partial charge >= 0.3 is 0 Å². The standard InChI is InChI=1S/C17H26ClN/c1-3-5-14-6-4-7-16(10-8-14)19-17-11-9-15(18)12-13(17)2/h9,11-12,14,16,19H,3-8,10H2,1-2H3. The highest BCUT2D eigenvalue weighted by molar-refractivity contribution is 6.30. The van der Waals surface area contributed by atoms with E-state index in [-0.39, 0.29) is 0 Å². The summed E-state index contributed by atoms with van der Waals surface area (Å²) >= 11 is 6.01. The molecule has 106 valence electrons. The Morgan fingerprint density at radius 3 is 2.79 bits per heavy atom. The van der Waals surface area contributed by atoms with Crippen LogP contribution in [0.25, 0.3) is 0 Å². The lowest BCUT2D eigenvalue weighted by Gasteiger charge is -2.19. The van der Waals surface area contributed by atoms with E-state index in [1.807, 2.05) is 12.1 Å². The maximum absolute atomic E-state index is 6.01. The third-order valence-corrected chi connectivity index (χ3v) is 4.57. The Bertz CT molecular complexity index is 402. The Hall–Kier alpha value is -0.690. The van der Waals surface area contributed by atoms with E-state index in [4.69, 9.17) is 11.6 Å². The van der Waals surface area contributed by atoms with Crippen LogP contribution in [0.5, 0.6) is 0 Å². The lowest BCUT2D eigenvalue weighted by molar-refractivity contribution is 0.422. The SMILES string of the molecule is CCCC1CCCC(Nc2ccc(Cl)cc2C)CC1. The Balaban J connectivity index is 1.92. The summed E-state index contributed by atoms with van der Waals surface area (Å²) in [5.74, 6) is 0.961. The molecule has 0 saturated heterocycles. The van der Waals surface area contributed by atoms with Gasteiger partial charge in [-0.25, -0.2) is 0 Å². The average Bonchev–Trinajstić information content (AvgIpc) is 2.59. The quantitative estimate of drug-likeness (QED) is 0.686. The van der Waals surface area contributed by atoms with Crippen LogP contribution in [-0.4, -0.2) is 6.04 Å². The molecule has 1 aliphatic carbocycles. The molecular formula is C17H26ClN. The number of aryl methyl sites for hydroxylation is 1. The van der Waals surface area contributed by atoms with Crippen molar-refractivity contribution in [2.24, 2.45) is 5.92 Å². The lowest BCUT2D eigenvalue weighted by Crippen LogP contribution is -2.19. The maximum Gasteiger partial charge on any atom is 0.0410 e. The number of hydrogen-bond donors (Lipinski definition) is 1. The predicted molar refractivity (Wildman–Crippen MR) is 85.1 cm³/mol. The van der Waals surface area contributed by atoms with Crippen molar-refractivity contribution in [2.75, 3.05) is 5.32 Å². The summed E-state index contributed by atoms with van der Waals surface area (Å²) in [7, 11) is 0. The van der Waals surface area contributed by atoms with Crippen LogP contribution in [0.15, 0.2) is 18.2 Å². The highest BCUT2D eigenvalue weighted by Crippen LogP contribution is 2.29. The highest BCUT2D eigenvalue weighted by atomic mass is 35.5. The third kappa shape index (κ3) is 4.42. The predicted octanol–water partition coefficient (Wildman–Crippen LogP) is 5.81. The van der Waals surface area contributed by atoms with Crippen molar-refractivity contribution in [3.8, 4) is 0 Å². The van der Waals surface area contributed by atoms with E-state index in [2.05, 4.69) is 25.2 Å². The van der Waals surface area contributed by atoms with Crippen molar-refractivity contribution in [3.05, 3.63) is 28.8 Å². The summed E-state index contributed by atoms with van der Waals surface area (Å²) in [6.45, 7) is 4.43. The summed E-state index contributed by atoms with van der Waals surface area (Å²) < 4.78 is 0. The van der Waals surface area contributed by atoms with Crippen LogP contribution in [0.1, 0.15) is 57.4 Å². The Kier molecular flexibility index (Phi) is 5.57. The maximum atomic E-state index is 6.01. The third-order valence-electron chi connectivity index (χ3n) is 4.33. The molecule has 2 atom stereocenters. The molecule has 1 aromatic rings. The zero-order valence-electron chi connectivity index (χ0n) is 12.2. The topological polar surface area (TPSA) is 12.0 Å². The van der Waals surface area contributed by atoms with E-state index in [0.717, 1.165) is 10.9 Å². The van der Waals surface area contributed by atoms with Gasteiger partial charge in [0.15, 0.2) is 0 Å². The molecular weight excluding hydrogens is 254 g/mol. The smallest absolute Gasteiger partial charge is 0.0410 e. The van der Waals surface area contributed by atoms with Crippen LogP contribution >= 0.6 is 11.6 Å². The van der Waals surface area contributed by atoms with E-state index < -0.39 is 0 Å². The van der Waals surface area contributed by atoms with Gasteiger partial charge in [0, 0.05) is 16.8 Å². The summed E-state index contributed by atoms with van der Waals surface area (Å²) in [5, 5.41) is 4.55. The molecule has 19 heavy (non-hydrogen) atoms. The van der Waals surface area contributed by atoms with Crippen molar-refractivity contribution in [3.63, 3.8) is 0 Å². The molecule has 1 aliphatic rings. The fraction of sp³-hybridized carbons (Fsp3) is 0.647. The van der Waals surface area contributed by atoms with Gasteiger partial charge in [0.25, 0.3) is 0 Å². The van der Waals surface area contributed by atoms with E-state index in [0.29, 0.717) is 6.04 Å². The van der Waals surface area contributed by atoms with Crippen LogP contribution in [0.2, 0.25) is 5.02 Å². The Labute approximate surface area is 122 Å². The Morgan fingerprint density at radius 2 is 2.05 bits per heavy atom. The monoisotopic (exact) mass is 279 g/mol. The molecule has 0 aliphatic heterocycles. The van der Waals surface area contributed by atoms with Crippen LogP contribution in [0.4, 0.5) is 5.69 Å². The van der Waals surface area contributed by atoms with Gasteiger partial charge in [0.2, 0.25) is 0 Å². The molecule has 2 rings (SSSR count). The minimum atomic E-state index is 0.640. The summed E-state index contributed by atoms with van der Waals surface area (Å²) in [6, 6.07) is 6.78. The van der Waals surface area contributed by atoms with Gasteiger partial charge in [-0.3, -0.25) is 0 Å². The molecule has 0 heterocycles. The zero-order valence-corrected chi connectivity index (χ0v) is 13.0. The van der Waals surface area contributed by atoms with E-state index in [1.54, 1.807) is 0 Å². The number of nitrogens with one attached hydrogen (secondary N) is 1. The first-order valence-electron chi connectivity index (χ1n) is 7.71. The molecule has 1 N–H and O–H groups in total. The van der Waals surface area contributed by atoms with E-state index in [1.165, 1.54) is 56.2 Å². The van der Waals surface area contributed by atoms with Gasteiger partial charge in [-0.05, 0) is 55.9 Å². The molecule has 0 radical (unpaired) electrons. The molecule has 1 nitrogen and oxygen atoms in total. The highest BCUT2D eigenvalue weighted by Gasteiger charge is 2.18. The zero-order chi connectivity index (χ0) is 13.7. The fourth-order valence-electron chi connectivity index (χ4n) is 3.23. The fourth-order valence-corrected chi connectivity index (χ4v) is 3.46. The van der Waals surface area contributed by atoms with Crippen molar-refractivity contribution < 1.29 is 0 Å². The van der Waals surface area contributed by atoms with Gasteiger partial charge in [0.05, 0.1) is 0 Å². The normalized spacial score (nSPS) is 23.9. The second kappa shape index (κ2) is 7.19. The minimum Gasteiger partial charge on any atom is -0.382 e. The molecule has 1 fully saturated rings.